The third-order valence-electron chi connectivity index (χ3n) is 2.91. The Morgan fingerprint density at radius 3 is 2.82 bits per heavy atom. The molecule has 1 atom stereocenters. The van der Waals surface area contributed by atoms with E-state index < -0.39 is 0 Å². The molecule has 1 N–H and O–H groups in total. The zero-order valence-electron chi connectivity index (χ0n) is 10.6. The molecule has 1 unspecified atom stereocenters. The van der Waals surface area contributed by atoms with Crippen LogP contribution in [0.5, 0.6) is 6.01 Å². The lowest BCUT2D eigenvalue weighted by molar-refractivity contribution is 0.312. The average molecular weight is 237 g/mol. The molecular weight excluding hydrogens is 218 g/mol. The van der Waals surface area contributed by atoms with Crippen molar-refractivity contribution in [3.8, 4) is 6.01 Å². The molecule has 0 radical (unpaired) electrons. The van der Waals surface area contributed by atoms with E-state index in [1.807, 2.05) is 6.92 Å². The van der Waals surface area contributed by atoms with Crippen LogP contribution in [0.4, 0.5) is 11.9 Å². The first-order valence-electron chi connectivity index (χ1n) is 6.08. The van der Waals surface area contributed by atoms with Crippen LogP contribution in [-0.2, 0) is 0 Å². The monoisotopic (exact) mass is 237 g/mol. The number of nitrogens with zero attached hydrogens (tertiary/aromatic N) is 4. The van der Waals surface area contributed by atoms with Gasteiger partial charge >= 0.3 is 6.01 Å². The van der Waals surface area contributed by atoms with Crippen LogP contribution in [0.15, 0.2) is 0 Å². The normalized spacial score (nSPS) is 19.5. The fourth-order valence-electron chi connectivity index (χ4n) is 2.01. The van der Waals surface area contributed by atoms with Crippen LogP contribution < -0.4 is 15.0 Å². The van der Waals surface area contributed by atoms with E-state index in [4.69, 9.17) is 4.74 Å². The first kappa shape index (κ1) is 11.9. The van der Waals surface area contributed by atoms with Gasteiger partial charge in [-0.25, -0.2) is 0 Å². The first-order valence-corrected chi connectivity index (χ1v) is 6.08. The Bertz CT molecular complexity index is 384. The fourth-order valence-corrected chi connectivity index (χ4v) is 2.01. The zero-order valence-corrected chi connectivity index (χ0v) is 10.6. The number of hydrogen-bond acceptors (Lipinski definition) is 6. The third-order valence-corrected chi connectivity index (χ3v) is 2.91. The van der Waals surface area contributed by atoms with E-state index in [9.17, 15) is 0 Å². The van der Waals surface area contributed by atoms with Crippen LogP contribution in [-0.4, -0.2) is 41.2 Å². The minimum absolute atomic E-state index is 0.390. The van der Waals surface area contributed by atoms with E-state index in [0.717, 1.165) is 6.54 Å². The van der Waals surface area contributed by atoms with Crippen LogP contribution in [0.25, 0.3) is 0 Å². The maximum Gasteiger partial charge on any atom is 0.323 e. The zero-order chi connectivity index (χ0) is 12.3. The van der Waals surface area contributed by atoms with Gasteiger partial charge in [-0.3, -0.25) is 0 Å². The summed E-state index contributed by atoms with van der Waals surface area (Å²) < 4.78 is 5.35. The van der Waals surface area contributed by atoms with Gasteiger partial charge in [0.25, 0.3) is 0 Å². The van der Waals surface area contributed by atoms with Gasteiger partial charge in [-0.05, 0) is 26.7 Å². The van der Waals surface area contributed by atoms with Gasteiger partial charge in [0.1, 0.15) is 0 Å². The summed E-state index contributed by atoms with van der Waals surface area (Å²) in [6.45, 7) is 5.67. The van der Waals surface area contributed by atoms with E-state index >= 15 is 0 Å². The van der Waals surface area contributed by atoms with Gasteiger partial charge in [0, 0.05) is 19.6 Å². The standard InChI is InChI=1S/C11H19N5O/c1-4-17-11-14-9(12-3)13-10(15-11)16-7-5-6-8(16)2/h8H,4-7H2,1-3H3,(H,12,13,14,15). The van der Waals surface area contributed by atoms with Crippen molar-refractivity contribution >= 4 is 11.9 Å². The second kappa shape index (κ2) is 5.16. The summed E-state index contributed by atoms with van der Waals surface area (Å²) in [5.41, 5.74) is 0. The third kappa shape index (κ3) is 2.57. The molecule has 0 aromatic carbocycles. The van der Waals surface area contributed by atoms with Crippen molar-refractivity contribution in [2.75, 3.05) is 30.4 Å². The number of aromatic nitrogens is 3. The average Bonchev–Trinajstić information content (AvgIpc) is 2.75. The van der Waals surface area contributed by atoms with E-state index in [-0.39, 0.29) is 0 Å². The number of hydrogen-bond donors (Lipinski definition) is 1. The fraction of sp³-hybridized carbons (Fsp3) is 0.727. The summed E-state index contributed by atoms with van der Waals surface area (Å²) in [7, 11) is 1.79. The molecule has 2 heterocycles. The van der Waals surface area contributed by atoms with E-state index in [1.54, 1.807) is 7.05 Å². The van der Waals surface area contributed by atoms with Crippen molar-refractivity contribution in [1.82, 2.24) is 15.0 Å². The van der Waals surface area contributed by atoms with Crippen LogP contribution in [0.3, 0.4) is 0 Å². The molecule has 0 saturated carbocycles. The number of ether oxygens (including phenoxy) is 1. The molecular formula is C11H19N5O. The Morgan fingerprint density at radius 1 is 1.41 bits per heavy atom. The minimum atomic E-state index is 0.390. The van der Waals surface area contributed by atoms with Crippen LogP contribution >= 0.6 is 0 Å². The van der Waals surface area contributed by atoms with Gasteiger partial charge in [0.15, 0.2) is 0 Å². The number of nitrogens with one attached hydrogen (secondary N) is 1. The van der Waals surface area contributed by atoms with Crippen molar-refractivity contribution in [2.45, 2.75) is 32.7 Å². The lowest BCUT2D eigenvalue weighted by Crippen LogP contribution is -2.28. The summed E-state index contributed by atoms with van der Waals surface area (Å²) in [5, 5.41) is 2.94. The summed E-state index contributed by atoms with van der Waals surface area (Å²) in [5.74, 6) is 1.26. The highest BCUT2D eigenvalue weighted by atomic mass is 16.5. The maximum absolute atomic E-state index is 5.35. The first-order chi connectivity index (χ1) is 8.24. The van der Waals surface area contributed by atoms with Gasteiger partial charge in [0.2, 0.25) is 11.9 Å². The van der Waals surface area contributed by atoms with Crippen molar-refractivity contribution in [3.05, 3.63) is 0 Å². The Hall–Kier alpha value is -1.59. The Balaban J connectivity index is 2.28. The SMILES string of the molecule is CCOc1nc(NC)nc(N2CCCC2C)n1. The molecule has 6 nitrogen and oxygen atoms in total. The Labute approximate surface area is 101 Å². The van der Waals surface area contributed by atoms with Gasteiger partial charge < -0.3 is 15.0 Å². The highest BCUT2D eigenvalue weighted by Gasteiger charge is 2.24. The quantitative estimate of drug-likeness (QED) is 0.851. The summed E-state index contributed by atoms with van der Waals surface area (Å²) in [6, 6.07) is 0.873. The summed E-state index contributed by atoms with van der Waals surface area (Å²) >= 11 is 0. The van der Waals surface area contributed by atoms with Crippen molar-refractivity contribution in [3.63, 3.8) is 0 Å². The highest BCUT2D eigenvalue weighted by Crippen LogP contribution is 2.23. The molecule has 1 saturated heterocycles. The van der Waals surface area contributed by atoms with E-state index in [0.29, 0.717) is 30.6 Å². The lowest BCUT2D eigenvalue weighted by atomic mass is 10.2. The van der Waals surface area contributed by atoms with E-state index in [1.165, 1.54) is 12.8 Å². The predicted octanol–water partition coefficient (Wildman–Crippen LogP) is 1.30. The smallest absolute Gasteiger partial charge is 0.323 e. The molecule has 1 fully saturated rings. The minimum Gasteiger partial charge on any atom is -0.464 e. The van der Waals surface area contributed by atoms with Gasteiger partial charge in [0.05, 0.1) is 6.61 Å². The summed E-state index contributed by atoms with van der Waals surface area (Å²) in [4.78, 5) is 15.1. The molecule has 0 spiro atoms. The molecule has 1 aliphatic rings. The number of anilines is 2. The lowest BCUT2D eigenvalue weighted by Gasteiger charge is -2.21. The van der Waals surface area contributed by atoms with Gasteiger partial charge in [-0.1, -0.05) is 0 Å². The Kier molecular flexibility index (Phi) is 3.61. The van der Waals surface area contributed by atoms with Gasteiger partial charge in [-0.2, -0.15) is 15.0 Å². The van der Waals surface area contributed by atoms with Crippen molar-refractivity contribution in [2.24, 2.45) is 0 Å². The molecule has 1 aromatic rings. The molecule has 1 aliphatic heterocycles. The van der Waals surface area contributed by atoms with E-state index in [2.05, 4.69) is 32.1 Å². The molecule has 94 valence electrons. The summed E-state index contributed by atoms with van der Waals surface area (Å²) in [6.07, 6.45) is 2.37. The molecule has 17 heavy (non-hydrogen) atoms. The predicted molar refractivity (Wildman–Crippen MR) is 66.6 cm³/mol. The van der Waals surface area contributed by atoms with Crippen LogP contribution in [0.1, 0.15) is 26.7 Å². The highest BCUT2D eigenvalue weighted by molar-refractivity contribution is 5.39. The van der Waals surface area contributed by atoms with Crippen LogP contribution in [0.2, 0.25) is 0 Å². The van der Waals surface area contributed by atoms with Gasteiger partial charge in [-0.15, -0.1) is 0 Å². The maximum atomic E-state index is 5.35. The molecule has 2 rings (SSSR count). The molecule has 0 amide bonds. The van der Waals surface area contributed by atoms with Crippen molar-refractivity contribution < 1.29 is 4.74 Å². The van der Waals surface area contributed by atoms with Crippen LogP contribution in [0, 0.1) is 0 Å². The molecule has 1 aromatic heterocycles. The second-order valence-electron chi connectivity index (χ2n) is 4.11. The molecule has 0 aliphatic carbocycles. The molecule has 6 heteroatoms. The van der Waals surface area contributed by atoms with Crippen molar-refractivity contribution in [1.29, 1.82) is 0 Å². The Morgan fingerprint density at radius 2 is 2.24 bits per heavy atom. The topological polar surface area (TPSA) is 63.2 Å². The largest absolute Gasteiger partial charge is 0.464 e. The molecule has 0 bridgehead atoms. The second-order valence-corrected chi connectivity index (χ2v) is 4.11. The number of rotatable bonds is 4.